The summed E-state index contributed by atoms with van der Waals surface area (Å²) >= 11 is 0. The number of anilines is 1. The van der Waals surface area contributed by atoms with Crippen molar-refractivity contribution in [2.75, 3.05) is 44.8 Å². The molecular weight excluding hydrogens is 382 g/mol. The van der Waals surface area contributed by atoms with Crippen LogP contribution >= 0.6 is 0 Å². The van der Waals surface area contributed by atoms with E-state index < -0.39 is 5.91 Å². The first-order valence-electron chi connectivity index (χ1n) is 9.84. The van der Waals surface area contributed by atoms with E-state index in [1.54, 1.807) is 30.4 Å². The second-order valence-corrected chi connectivity index (χ2v) is 7.15. The number of amides is 2. The second kappa shape index (κ2) is 9.82. The van der Waals surface area contributed by atoms with Crippen molar-refractivity contribution in [3.63, 3.8) is 0 Å². The molecule has 0 saturated carbocycles. The van der Waals surface area contributed by atoms with E-state index in [1.807, 2.05) is 4.90 Å². The number of nitrogens with two attached hydrogens (primary N) is 1. The fourth-order valence-corrected chi connectivity index (χ4v) is 3.34. The molecule has 2 N–H and O–H groups in total. The Morgan fingerprint density at radius 1 is 1.07 bits per heavy atom. The Bertz CT molecular complexity index is 934. The molecule has 0 radical (unpaired) electrons. The fraction of sp³-hybridized carbons (Fsp3) is 0.304. The standard InChI is InChI=1S/C23H27N3O4/c1-17-4-3-5-19(14-17)25-10-12-26(13-11-25)23(28)9-7-18-6-8-20(21(15-18)29-2)30-16-22(24)27/h3-9,14-15H,10-13,16H2,1-2H3,(H2,24,27)/b9-7+. The Kier molecular flexibility index (Phi) is 6.95. The molecule has 2 aromatic carbocycles. The Morgan fingerprint density at radius 3 is 2.50 bits per heavy atom. The maximum Gasteiger partial charge on any atom is 0.255 e. The van der Waals surface area contributed by atoms with E-state index >= 15 is 0 Å². The van der Waals surface area contributed by atoms with E-state index in [-0.39, 0.29) is 12.5 Å². The molecule has 1 aliphatic rings. The number of methoxy groups -OCH3 is 1. The van der Waals surface area contributed by atoms with Crippen LogP contribution in [0.1, 0.15) is 11.1 Å². The molecule has 2 aromatic rings. The summed E-state index contributed by atoms with van der Waals surface area (Å²) < 4.78 is 10.6. The summed E-state index contributed by atoms with van der Waals surface area (Å²) in [6.07, 6.45) is 3.32. The van der Waals surface area contributed by atoms with E-state index in [1.165, 1.54) is 18.4 Å². The lowest BCUT2D eigenvalue weighted by Crippen LogP contribution is -2.48. The first-order valence-corrected chi connectivity index (χ1v) is 9.84. The minimum Gasteiger partial charge on any atom is -0.493 e. The highest BCUT2D eigenvalue weighted by atomic mass is 16.5. The molecule has 158 valence electrons. The molecule has 7 nitrogen and oxygen atoms in total. The van der Waals surface area contributed by atoms with E-state index in [2.05, 4.69) is 36.1 Å². The van der Waals surface area contributed by atoms with Crippen LogP contribution in [-0.2, 0) is 9.59 Å². The summed E-state index contributed by atoms with van der Waals surface area (Å²) in [5.41, 5.74) is 8.33. The monoisotopic (exact) mass is 409 g/mol. The van der Waals surface area contributed by atoms with Gasteiger partial charge in [-0.2, -0.15) is 0 Å². The highest BCUT2D eigenvalue weighted by molar-refractivity contribution is 5.92. The van der Waals surface area contributed by atoms with E-state index in [4.69, 9.17) is 15.2 Å². The van der Waals surface area contributed by atoms with Gasteiger partial charge in [-0.15, -0.1) is 0 Å². The zero-order valence-electron chi connectivity index (χ0n) is 17.3. The fourth-order valence-electron chi connectivity index (χ4n) is 3.34. The molecule has 0 bridgehead atoms. The molecule has 0 unspecified atom stereocenters. The zero-order chi connectivity index (χ0) is 21.5. The van der Waals surface area contributed by atoms with Crippen LogP contribution in [0.15, 0.2) is 48.5 Å². The van der Waals surface area contributed by atoms with Gasteiger partial charge < -0.3 is 25.0 Å². The molecule has 7 heteroatoms. The number of benzene rings is 2. The molecule has 1 heterocycles. The van der Waals surface area contributed by atoms with Crippen LogP contribution in [-0.4, -0.2) is 56.6 Å². The maximum atomic E-state index is 12.6. The molecule has 3 rings (SSSR count). The quantitative estimate of drug-likeness (QED) is 0.709. The maximum absolute atomic E-state index is 12.6. The van der Waals surface area contributed by atoms with Gasteiger partial charge >= 0.3 is 0 Å². The highest BCUT2D eigenvalue weighted by Crippen LogP contribution is 2.28. The molecule has 0 aliphatic carbocycles. The van der Waals surface area contributed by atoms with Crippen molar-refractivity contribution in [2.24, 2.45) is 5.73 Å². The average molecular weight is 409 g/mol. The molecule has 1 saturated heterocycles. The van der Waals surface area contributed by atoms with Gasteiger partial charge in [-0.05, 0) is 48.4 Å². The van der Waals surface area contributed by atoms with Crippen molar-refractivity contribution < 1.29 is 19.1 Å². The van der Waals surface area contributed by atoms with Gasteiger partial charge in [0.1, 0.15) is 0 Å². The summed E-state index contributed by atoms with van der Waals surface area (Å²) in [5.74, 6) is 0.311. The first-order chi connectivity index (χ1) is 14.5. The van der Waals surface area contributed by atoms with Gasteiger partial charge in [0.25, 0.3) is 5.91 Å². The Labute approximate surface area is 176 Å². The van der Waals surface area contributed by atoms with Gasteiger partial charge in [0, 0.05) is 37.9 Å². The number of rotatable bonds is 7. The number of nitrogens with zero attached hydrogens (tertiary/aromatic N) is 2. The second-order valence-electron chi connectivity index (χ2n) is 7.15. The van der Waals surface area contributed by atoms with E-state index in [0.717, 1.165) is 18.7 Å². The summed E-state index contributed by atoms with van der Waals surface area (Å²) in [6.45, 7) is 4.84. The van der Waals surface area contributed by atoms with Crippen LogP contribution in [0.2, 0.25) is 0 Å². The molecular formula is C23H27N3O4. The van der Waals surface area contributed by atoms with Crippen LogP contribution in [0, 0.1) is 6.92 Å². The number of primary amides is 1. The zero-order valence-corrected chi connectivity index (χ0v) is 17.3. The Hall–Kier alpha value is -3.48. The largest absolute Gasteiger partial charge is 0.493 e. The van der Waals surface area contributed by atoms with Crippen molar-refractivity contribution >= 4 is 23.6 Å². The molecule has 0 spiro atoms. The molecule has 30 heavy (non-hydrogen) atoms. The summed E-state index contributed by atoms with van der Waals surface area (Å²) in [5, 5.41) is 0. The molecule has 1 fully saturated rings. The Morgan fingerprint density at radius 2 is 1.83 bits per heavy atom. The van der Waals surface area contributed by atoms with Crippen molar-refractivity contribution in [3.05, 3.63) is 59.7 Å². The first kappa shape index (κ1) is 21.2. The number of carbonyl (C=O) groups excluding carboxylic acids is 2. The van der Waals surface area contributed by atoms with Crippen molar-refractivity contribution in [3.8, 4) is 11.5 Å². The summed E-state index contributed by atoms with van der Waals surface area (Å²) in [7, 11) is 1.51. The number of hydrogen-bond donors (Lipinski definition) is 1. The van der Waals surface area contributed by atoms with Gasteiger partial charge in [0.15, 0.2) is 18.1 Å². The molecule has 2 amide bonds. The third-order valence-electron chi connectivity index (χ3n) is 4.93. The number of ether oxygens (including phenoxy) is 2. The minimum atomic E-state index is -0.561. The van der Waals surface area contributed by atoms with Gasteiger partial charge in [-0.3, -0.25) is 9.59 Å². The van der Waals surface area contributed by atoms with Crippen LogP contribution in [0.25, 0.3) is 6.08 Å². The minimum absolute atomic E-state index is 0.0214. The third-order valence-corrected chi connectivity index (χ3v) is 4.93. The topological polar surface area (TPSA) is 85.1 Å². The predicted octanol–water partition coefficient (Wildman–Crippen LogP) is 2.23. The van der Waals surface area contributed by atoms with Gasteiger partial charge in [-0.25, -0.2) is 0 Å². The number of hydrogen-bond acceptors (Lipinski definition) is 5. The molecule has 0 atom stereocenters. The average Bonchev–Trinajstić information content (AvgIpc) is 2.76. The lowest BCUT2D eigenvalue weighted by molar-refractivity contribution is -0.126. The van der Waals surface area contributed by atoms with Crippen LogP contribution in [0.5, 0.6) is 11.5 Å². The molecule has 1 aliphatic heterocycles. The van der Waals surface area contributed by atoms with Gasteiger partial charge in [0.05, 0.1) is 7.11 Å². The van der Waals surface area contributed by atoms with Crippen molar-refractivity contribution in [1.29, 1.82) is 0 Å². The summed E-state index contributed by atoms with van der Waals surface area (Å²) in [4.78, 5) is 27.6. The highest BCUT2D eigenvalue weighted by Gasteiger charge is 2.19. The number of carbonyl (C=O) groups is 2. The normalized spacial score (nSPS) is 14.1. The van der Waals surface area contributed by atoms with Gasteiger partial charge in [-0.1, -0.05) is 18.2 Å². The SMILES string of the molecule is COc1cc(/C=C/C(=O)N2CCN(c3cccc(C)c3)CC2)ccc1OCC(N)=O. The lowest BCUT2D eigenvalue weighted by Gasteiger charge is -2.35. The summed E-state index contributed by atoms with van der Waals surface area (Å²) in [6, 6.07) is 13.6. The van der Waals surface area contributed by atoms with Crippen LogP contribution < -0.4 is 20.1 Å². The molecule has 0 aromatic heterocycles. The third kappa shape index (κ3) is 5.53. The van der Waals surface area contributed by atoms with Crippen LogP contribution in [0.3, 0.4) is 0 Å². The van der Waals surface area contributed by atoms with Crippen molar-refractivity contribution in [1.82, 2.24) is 4.90 Å². The number of piperazine rings is 1. The van der Waals surface area contributed by atoms with Crippen LogP contribution in [0.4, 0.5) is 5.69 Å². The predicted molar refractivity (Wildman–Crippen MR) is 117 cm³/mol. The van der Waals surface area contributed by atoms with Crippen molar-refractivity contribution in [2.45, 2.75) is 6.92 Å². The van der Waals surface area contributed by atoms with E-state index in [9.17, 15) is 9.59 Å². The van der Waals surface area contributed by atoms with E-state index in [0.29, 0.717) is 24.6 Å². The lowest BCUT2D eigenvalue weighted by atomic mass is 10.1. The smallest absolute Gasteiger partial charge is 0.255 e. The van der Waals surface area contributed by atoms with Gasteiger partial charge in [0.2, 0.25) is 5.91 Å². The Balaban J connectivity index is 1.57. The number of aryl methyl sites for hydroxylation is 1.